The number of aliphatic hydroxyl groups excluding tert-OH is 1. The van der Waals surface area contributed by atoms with Gasteiger partial charge in [-0.3, -0.25) is 4.72 Å². The first kappa shape index (κ1) is 16.8. The summed E-state index contributed by atoms with van der Waals surface area (Å²) in [5, 5.41) is 10.6. The van der Waals surface area contributed by atoms with Crippen molar-refractivity contribution in [3.05, 3.63) is 38.1 Å². The average Bonchev–Trinajstić information content (AvgIpc) is 2.91. The standard InChI is InChI=1S/C12H11Br2NO4S2/c1-19-11-4-10(8(13)3-9(11)14)15-21(17,18)12-2-7(5-16)6-20-12/h2-4,6,15-16H,5H2,1H3. The molecule has 0 saturated carbocycles. The Morgan fingerprint density at radius 1 is 1.29 bits per heavy atom. The number of aliphatic hydroxyl groups is 1. The topological polar surface area (TPSA) is 75.6 Å². The predicted molar refractivity (Wildman–Crippen MR) is 89.4 cm³/mol. The van der Waals surface area contributed by atoms with Crippen molar-refractivity contribution in [2.24, 2.45) is 0 Å². The molecule has 2 aromatic rings. The minimum absolute atomic E-state index is 0.139. The van der Waals surface area contributed by atoms with Crippen molar-refractivity contribution in [3.63, 3.8) is 0 Å². The number of ether oxygens (including phenoxy) is 1. The molecule has 0 atom stereocenters. The minimum Gasteiger partial charge on any atom is -0.495 e. The van der Waals surface area contributed by atoms with Crippen LogP contribution in [0.3, 0.4) is 0 Å². The van der Waals surface area contributed by atoms with Gasteiger partial charge in [-0.1, -0.05) is 0 Å². The van der Waals surface area contributed by atoms with E-state index in [1.54, 1.807) is 17.5 Å². The molecular weight excluding hydrogens is 446 g/mol. The summed E-state index contributed by atoms with van der Waals surface area (Å²) in [4.78, 5) is 0. The van der Waals surface area contributed by atoms with E-state index in [0.29, 0.717) is 25.9 Å². The summed E-state index contributed by atoms with van der Waals surface area (Å²) in [5.41, 5.74) is 0.932. The average molecular weight is 457 g/mol. The fourth-order valence-electron chi connectivity index (χ4n) is 1.54. The third-order valence-electron chi connectivity index (χ3n) is 2.56. The van der Waals surface area contributed by atoms with Crippen LogP contribution in [0.5, 0.6) is 5.75 Å². The number of methoxy groups -OCH3 is 1. The van der Waals surface area contributed by atoms with Crippen LogP contribution in [0, 0.1) is 0 Å². The van der Waals surface area contributed by atoms with Crippen LogP contribution in [0.1, 0.15) is 5.56 Å². The number of nitrogens with one attached hydrogen (secondary N) is 1. The Labute approximate surface area is 143 Å². The second-order valence-corrected chi connectivity index (χ2v) is 8.53. The van der Waals surface area contributed by atoms with Gasteiger partial charge in [0.05, 0.1) is 23.9 Å². The summed E-state index contributed by atoms with van der Waals surface area (Å²) < 4.78 is 33.7. The van der Waals surface area contributed by atoms with Crippen molar-refractivity contribution in [3.8, 4) is 5.75 Å². The monoisotopic (exact) mass is 455 g/mol. The lowest BCUT2D eigenvalue weighted by atomic mass is 10.3. The van der Waals surface area contributed by atoms with Crippen LogP contribution in [0.25, 0.3) is 0 Å². The number of anilines is 1. The van der Waals surface area contributed by atoms with Gasteiger partial charge < -0.3 is 9.84 Å². The molecule has 0 aliphatic rings. The summed E-state index contributed by atoms with van der Waals surface area (Å²) in [6, 6.07) is 4.72. The summed E-state index contributed by atoms with van der Waals surface area (Å²) in [6.07, 6.45) is 0. The SMILES string of the molecule is COc1cc(NS(=O)(=O)c2cc(CO)cs2)c(Br)cc1Br. The van der Waals surface area contributed by atoms with E-state index < -0.39 is 10.0 Å². The van der Waals surface area contributed by atoms with Crippen molar-refractivity contribution < 1.29 is 18.3 Å². The maximum Gasteiger partial charge on any atom is 0.271 e. The number of benzene rings is 1. The van der Waals surface area contributed by atoms with Crippen molar-refractivity contribution in [2.45, 2.75) is 10.8 Å². The molecule has 5 nitrogen and oxygen atoms in total. The minimum atomic E-state index is -3.71. The van der Waals surface area contributed by atoms with Gasteiger partial charge in [-0.25, -0.2) is 8.42 Å². The lowest BCUT2D eigenvalue weighted by Crippen LogP contribution is -2.12. The molecule has 0 spiro atoms. The molecule has 0 aliphatic heterocycles. The molecule has 114 valence electrons. The van der Waals surface area contributed by atoms with Crippen molar-refractivity contribution in [1.29, 1.82) is 0 Å². The lowest BCUT2D eigenvalue weighted by molar-refractivity contribution is 0.282. The van der Waals surface area contributed by atoms with E-state index in [1.807, 2.05) is 0 Å². The molecule has 0 bridgehead atoms. The quantitative estimate of drug-likeness (QED) is 0.720. The van der Waals surface area contributed by atoms with Gasteiger partial charge in [0.15, 0.2) is 0 Å². The second kappa shape index (κ2) is 6.66. The predicted octanol–water partition coefficient (Wildman–Crippen LogP) is 3.57. The molecular formula is C12H11Br2NO4S2. The normalized spacial score (nSPS) is 11.4. The van der Waals surface area contributed by atoms with Crippen LogP contribution >= 0.6 is 43.2 Å². The number of hydrogen-bond donors (Lipinski definition) is 2. The van der Waals surface area contributed by atoms with Gasteiger partial charge in [0.2, 0.25) is 0 Å². The molecule has 0 saturated heterocycles. The van der Waals surface area contributed by atoms with Crippen LogP contribution in [0.2, 0.25) is 0 Å². The number of rotatable bonds is 5. The van der Waals surface area contributed by atoms with Gasteiger partial charge in [-0.05, 0) is 54.9 Å². The van der Waals surface area contributed by atoms with Gasteiger partial charge in [0, 0.05) is 10.5 Å². The maximum absolute atomic E-state index is 12.3. The van der Waals surface area contributed by atoms with Crippen molar-refractivity contribution >= 4 is 58.9 Å². The van der Waals surface area contributed by atoms with Gasteiger partial charge in [-0.2, -0.15) is 0 Å². The molecule has 21 heavy (non-hydrogen) atoms. The molecule has 2 rings (SSSR count). The molecule has 0 aliphatic carbocycles. The second-order valence-electron chi connectivity index (χ2n) is 4.00. The van der Waals surface area contributed by atoms with Gasteiger partial charge in [0.25, 0.3) is 10.0 Å². The fraction of sp³-hybridized carbons (Fsp3) is 0.167. The number of hydrogen-bond acceptors (Lipinski definition) is 5. The Bertz CT molecular complexity index is 759. The first-order valence-electron chi connectivity index (χ1n) is 5.61. The molecule has 0 fully saturated rings. The lowest BCUT2D eigenvalue weighted by Gasteiger charge is -2.11. The molecule has 0 amide bonds. The number of thiophene rings is 1. The highest BCUT2D eigenvalue weighted by molar-refractivity contribution is 9.11. The summed E-state index contributed by atoms with van der Waals surface area (Å²) >= 11 is 7.68. The van der Waals surface area contributed by atoms with Gasteiger partial charge in [-0.15, -0.1) is 11.3 Å². The summed E-state index contributed by atoms with van der Waals surface area (Å²) in [5.74, 6) is 0.512. The largest absolute Gasteiger partial charge is 0.495 e. The van der Waals surface area contributed by atoms with Gasteiger partial charge in [0.1, 0.15) is 9.96 Å². The van der Waals surface area contributed by atoms with Gasteiger partial charge >= 0.3 is 0 Å². The molecule has 9 heteroatoms. The van der Waals surface area contributed by atoms with E-state index in [-0.39, 0.29) is 10.8 Å². The Morgan fingerprint density at radius 2 is 2.00 bits per heavy atom. The maximum atomic E-state index is 12.3. The van der Waals surface area contributed by atoms with E-state index in [2.05, 4.69) is 36.6 Å². The zero-order valence-corrected chi connectivity index (χ0v) is 15.6. The highest BCUT2D eigenvalue weighted by Gasteiger charge is 2.19. The Hall–Kier alpha value is -0.610. The van der Waals surface area contributed by atoms with E-state index in [1.165, 1.54) is 13.2 Å². The molecule has 1 aromatic carbocycles. The van der Waals surface area contributed by atoms with E-state index in [9.17, 15) is 8.42 Å². The fourth-order valence-corrected chi connectivity index (χ4v) is 5.19. The zero-order chi connectivity index (χ0) is 15.6. The first-order chi connectivity index (χ1) is 9.87. The third kappa shape index (κ3) is 3.78. The number of sulfonamides is 1. The molecule has 0 radical (unpaired) electrons. The van der Waals surface area contributed by atoms with Crippen LogP contribution in [-0.4, -0.2) is 20.6 Å². The third-order valence-corrected chi connectivity index (χ3v) is 6.69. The van der Waals surface area contributed by atoms with Crippen LogP contribution in [-0.2, 0) is 16.6 Å². The Kier molecular flexibility index (Phi) is 5.31. The Balaban J connectivity index is 2.36. The van der Waals surface area contributed by atoms with Crippen LogP contribution in [0.4, 0.5) is 5.69 Å². The molecule has 0 unspecified atom stereocenters. The number of halogens is 2. The highest BCUT2D eigenvalue weighted by Crippen LogP contribution is 2.36. The van der Waals surface area contributed by atoms with E-state index in [4.69, 9.17) is 9.84 Å². The Morgan fingerprint density at radius 3 is 2.57 bits per heavy atom. The zero-order valence-electron chi connectivity index (χ0n) is 10.8. The smallest absolute Gasteiger partial charge is 0.271 e. The van der Waals surface area contributed by atoms with E-state index in [0.717, 1.165) is 11.3 Å². The molecule has 1 aromatic heterocycles. The van der Waals surface area contributed by atoms with Crippen LogP contribution in [0.15, 0.2) is 36.7 Å². The summed E-state index contributed by atoms with van der Waals surface area (Å²) in [6.45, 7) is -0.193. The highest BCUT2D eigenvalue weighted by atomic mass is 79.9. The molecule has 2 N–H and O–H groups in total. The summed E-state index contributed by atoms with van der Waals surface area (Å²) in [7, 11) is -2.21. The van der Waals surface area contributed by atoms with E-state index >= 15 is 0 Å². The van der Waals surface area contributed by atoms with Crippen molar-refractivity contribution in [2.75, 3.05) is 11.8 Å². The first-order valence-corrected chi connectivity index (χ1v) is 9.56. The van der Waals surface area contributed by atoms with Crippen LogP contribution < -0.4 is 9.46 Å². The molecule has 1 heterocycles. The van der Waals surface area contributed by atoms with Crippen molar-refractivity contribution in [1.82, 2.24) is 0 Å².